The smallest absolute Gasteiger partial charge is 0.317 e. The van der Waals surface area contributed by atoms with Gasteiger partial charge >= 0.3 is 12.0 Å². The quantitative estimate of drug-likeness (QED) is 0.682. The number of nitrogens with one attached hydrogen (secondary N) is 1. The van der Waals surface area contributed by atoms with E-state index in [-0.39, 0.29) is 11.9 Å². The first-order valence-electron chi connectivity index (χ1n) is 6.80. The Morgan fingerprint density at radius 2 is 2.05 bits per heavy atom. The van der Waals surface area contributed by atoms with Gasteiger partial charge in [-0.3, -0.25) is 4.79 Å². The Hall–Kier alpha value is -1.30. The highest BCUT2D eigenvalue weighted by Crippen LogP contribution is 2.22. The topological polar surface area (TPSA) is 78.9 Å². The highest BCUT2D eigenvalue weighted by molar-refractivity contribution is 5.77. The summed E-state index contributed by atoms with van der Waals surface area (Å²) in [6.07, 6.45) is 2.93. The second-order valence-corrected chi connectivity index (χ2v) is 5.11. The minimum Gasteiger partial charge on any atom is -0.481 e. The van der Waals surface area contributed by atoms with Gasteiger partial charge in [0.2, 0.25) is 0 Å². The van der Waals surface area contributed by atoms with Crippen LogP contribution >= 0.6 is 0 Å². The minimum absolute atomic E-state index is 0.0185. The first-order chi connectivity index (χ1) is 9.06. The maximum Gasteiger partial charge on any atom is 0.317 e. The van der Waals surface area contributed by atoms with Crippen LogP contribution in [0.2, 0.25) is 0 Å². The number of unbranched alkanes of at least 4 members (excludes halogenated alkanes) is 2. The number of nitrogens with zero attached hydrogens (tertiary/aromatic N) is 1. The van der Waals surface area contributed by atoms with Gasteiger partial charge in [0.05, 0.1) is 5.92 Å². The molecule has 6 nitrogen and oxygen atoms in total. The molecule has 0 aromatic rings. The number of carbonyl (C=O) groups is 2. The van der Waals surface area contributed by atoms with Crippen LogP contribution in [-0.2, 0) is 9.53 Å². The van der Waals surface area contributed by atoms with E-state index < -0.39 is 11.9 Å². The van der Waals surface area contributed by atoms with E-state index in [1.165, 1.54) is 0 Å². The van der Waals surface area contributed by atoms with Gasteiger partial charge in [0.25, 0.3) is 0 Å². The predicted octanol–water partition coefficient (Wildman–Crippen LogP) is 1.17. The third-order valence-electron chi connectivity index (χ3n) is 3.52. The fraction of sp³-hybridized carbons (Fsp3) is 0.846. The second kappa shape index (κ2) is 7.99. The van der Waals surface area contributed by atoms with Crippen molar-refractivity contribution in [1.29, 1.82) is 0 Å². The molecule has 110 valence electrons. The molecule has 1 aliphatic rings. The van der Waals surface area contributed by atoms with Gasteiger partial charge in [-0.15, -0.1) is 0 Å². The number of ether oxygens (including phenoxy) is 1. The van der Waals surface area contributed by atoms with Crippen molar-refractivity contribution in [3.63, 3.8) is 0 Å². The molecule has 0 bridgehead atoms. The normalized spacial score (nSPS) is 22.5. The lowest BCUT2D eigenvalue weighted by molar-refractivity contribution is -0.142. The molecule has 2 N–H and O–H groups in total. The van der Waals surface area contributed by atoms with Crippen molar-refractivity contribution in [1.82, 2.24) is 10.2 Å². The third-order valence-corrected chi connectivity index (χ3v) is 3.52. The molecule has 0 saturated carbocycles. The number of likely N-dealkylation sites (tertiary alicyclic amines) is 1. The number of methoxy groups -OCH3 is 1. The van der Waals surface area contributed by atoms with Crippen LogP contribution in [0.25, 0.3) is 0 Å². The van der Waals surface area contributed by atoms with Crippen LogP contribution in [0, 0.1) is 11.8 Å². The number of hydrogen-bond acceptors (Lipinski definition) is 3. The van der Waals surface area contributed by atoms with Gasteiger partial charge in [0.1, 0.15) is 0 Å². The van der Waals surface area contributed by atoms with Gasteiger partial charge in [0.15, 0.2) is 0 Å². The molecule has 1 rings (SSSR count). The summed E-state index contributed by atoms with van der Waals surface area (Å²) in [5.41, 5.74) is 0. The van der Waals surface area contributed by atoms with Crippen molar-refractivity contribution in [3.05, 3.63) is 0 Å². The number of amides is 2. The zero-order valence-corrected chi connectivity index (χ0v) is 11.7. The lowest BCUT2D eigenvalue weighted by atomic mass is 9.99. The molecule has 1 aliphatic heterocycles. The van der Waals surface area contributed by atoms with E-state index in [0.717, 1.165) is 25.9 Å². The molecule has 1 saturated heterocycles. The minimum atomic E-state index is -0.817. The summed E-state index contributed by atoms with van der Waals surface area (Å²) in [5.74, 6) is -1.24. The molecule has 0 radical (unpaired) electrons. The van der Waals surface area contributed by atoms with Crippen LogP contribution in [0.1, 0.15) is 26.2 Å². The SMILES string of the molecule is COCCCCCNC(=O)N1C[C@@H](C)[C@H](C(=O)O)C1. The average molecular weight is 272 g/mol. The standard InChI is InChI=1S/C13H24N2O4/c1-10-8-15(9-11(10)12(16)17)13(18)14-6-4-3-5-7-19-2/h10-11H,3-9H2,1-2H3,(H,14,18)(H,16,17)/t10-,11-/m1/s1. The number of aliphatic carboxylic acids is 1. The van der Waals surface area contributed by atoms with Crippen LogP contribution in [0.3, 0.4) is 0 Å². The van der Waals surface area contributed by atoms with E-state index in [1.807, 2.05) is 6.92 Å². The molecular weight excluding hydrogens is 248 g/mol. The molecular formula is C13H24N2O4. The largest absolute Gasteiger partial charge is 0.481 e. The number of hydrogen-bond donors (Lipinski definition) is 2. The monoisotopic (exact) mass is 272 g/mol. The molecule has 2 atom stereocenters. The lowest BCUT2D eigenvalue weighted by Gasteiger charge is -2.16. The van der Waals surface area contributed by atoms with Gasteiger partial charge in [0, 0.05) is 33.4 Å². The van der Waals surface area contributed by atoms with Gasteiger partial charge in [-0.1, -0.05) is 6.92 Å². The third kappa shape index (κ3) is 5.06. The van der Waals surface area contributed by atoms with Gasteiger partial charge in [-0.25, -0.2) is 4.79 Å². The summed E-state index contributed by atoms with van der Waals surface area (Å²) in [7, 11) is 1.68. The van der Waals surface area contributed by atoms with E-state index >= 15 is 0 Å². The Morgan fingerprint density at radius 3 is 2.63 bits per heavy atom. The summed E-state index contributed by atoms with van der Waals surface area (Å²) in [6.45, 7) is 4.08. The van der Waals surface area contributed by atoms with Crippen LogP contribution in [0.15, 0.2) is 0 Å². The average Bonchev–Trinajstić information content (AvgIpc) is 2.75. The van der Waals surface area contributed by atoms with Crippen LogP contribution in [0.5, 0.6) is 0 Å². The predicted molar refractivity (Wildman–Crippen MR) is 71.0 cm³/mol. The lowest BCUT2D eigenvalue weighted by Crippen LogP contribution is -2.39. The first-order valence-corrected chi connectivity index (χ1v) is 6.80. The summed E-state index contributed by atoms with van der Waals surface area (Å²) in [6, 6.07) is -0.151. The molecule has 0 aromatic carbocycles. The maximum absolute atomic E-state index is 11.8. The molecule has 1 fully saturated rings. The number of rotatable bonds is 7. The van der Waals surface area contributed by atoms with Crippen LogP contribution < -0.4 is 5.32 Å². The summed E-state index contributed by atoms with van der Waals surface area (Å²) < 4.78 is 4.95. The zero-order chi connectivity index (χ0) is 14.3. The molecule has 19 heavy (non-hydrogen) atoms. The number of carbonyl (C=O) groups excluding carboxylic acids is 1. The van der Waals surface area contributed by atoms with Crippen molar-refractivity contribution in [3.8, 4) is 0 Å². The van der Waals surface area contributed by atoms with Gasteiger partial charge in [-0.05, 0) is 25.2 Å². The van der Waals surface area contributed by atoms with Crippen molar-refractivity contribution >= 4 is 12.0 Å². The summed E-state index contributed by atoms with van der Waals surface area (Å²) in [5, 5.41) is 11.8. The van der Waals surface area contributed by atoms with E-state index in [1.54, 1.807) is 12.0 Å². The number of urea groups is 1. The van der Waals surface area contributed by atoms with Crippen LogP contribution in [0.4, 0.5) is 4.79 Å². The van der Waals surface area contributed by atoms with Crippen molar-refractivity contribution in [2.75, 3.05) is 33.4 Å². The van der Waals surface area contributed by atoms with E-state index in [2.05, 4.69) is 5.32 Å². The van der Waals surface area contributed by atoms with Gasteiger partial charge < -0.3 is 20.1 Å². The Kier molecular flexibility index (Phi) is 6.62. The molecule has 2 amide bonds. The Balaban J connectivity index is 2.19. The molecule has 6 heteroatoms. The maximum atomic E-state index is 11.8. The van der Waals surface area contributed by atoms with Crippen LogP contribution in [-0.4, -0.2) is 55.4 Å². The second-order valence-electron chi connectivity index (χ2n) is 5.11. The summed E-state index contributed by atoms with van der Waals surface area (Å²) >= 11 is 0. The molecule has 0 spiro atoms. The van der Waals surface area contributed by atoms with Crippen molar-refractivity contribution in [2.45, 2.75) is 26.2 Å². The van der Waals surface area contributed by atoms with E-state index in [0.29, 0.717) is 19.6 Å². The Bertz CT molecular complexity index is 309. The number of carboxylic acid groups (broad SMARTS) is 1. The Labute approximate surface area is 114 Å². The summed E-state index contributed by atoms with van der Waals surface area (Å²) in [4.78, 5) is 24.4. The van der Waals surface area contributed by atoms with Crippen molar-refractivity contribution < 1.29 is 19.4 Å². The highest BCUT2D eigenvalue weighted by atomic mass is 16.5. The molecule has 0 aliphatic carbocycles. The molecule has 0 aromatic heterocycles. The highest BCUT2D eigenvalue weighted by Gasteiger charge is 2.36. The molecule has 0 unspecified atom stereocenters. The van der Waals surface area contributed by atoms with E-state index in [4.69, 9.17) is 9.84 Å². The number of carboxylic acids is 1. The fourth-order valence-corrected chi connectivity index (χ4v) is 2.31. The molecule has 1 heterocycles. The van der Waals surface area contributed by atoms with Crippen molar-refractivity contribution in [2.24, 2.45) is 11.8 Å². The zero-order valence-electron chi connectivity index (χ0n) is 11.7. The first kappa shape index (κ1) is 15.8. The Morgan fingerprint density at radius 1 is 1.32 bits per heavy atom. The van der Waals surface area contributed by atoms with Gasteiger partial charge in [-0.2, -0.15) is 0 Å². The van der Waals surface area contributed by atoms with E-state index in [9.17, 15) is 9.59 Å². The fourth-order valence-electron chi connectivity index (χ4n) is 2.31.